The van der Waals surface area contributed by atoms with Crippen LogP contribution in [0.2, 0.25) is 0 Å². The summed E-state index contributed by atoms with van der Waals surface area (Å²) >= 11 is 0. The van der Waals surface area contributed by atoms with E-state index in [9.17, 15) is 14.4 Å². The van der Waals surface area contributed by atoms with Gasteiger partial charge in [-0.25, -0.2) is 0 Å². The van der Waals surface area contributed by atoms with Crippen LogP contribution in [0.5, 0.6) is 0 Å². The van der Waals surface area contributed by atoms with Crippen molar-refractivity contribution in [1.29, 1.82) is 0 Å². The maximum atomic E-state index is 12.6. The fourth-order valence-corrected chi connectivity index (χ4v) is 5.44. The van der Waals surface area contributed by atoms with Crippen LogP contribution in [0.25, 0.3) is 0 Å². The zero-order chi connectivity index (χ0) is 19.6. The molecule has 3 atom stereocenters. The third-order valence-electron chi connectivity index (χ3n) is 6.62. The minimum absolute atomic E-state index is 0.0441. The Morgan fingerprint density at radius 1 is 1.33 bits per heavy atom. The highest BCUT2D eigenvalue weighted by molar-refractivity contribution is 5.76. The molecule has 0 aromatic carbocycles. The maximum Gasteiger partial charge on any atom is 0.274 e. The fourth-order valence-electron chi connectivity index (χ4n) is 5.44. The number of hydrogen-bond donors (Lipinski definition) is 2. The summed E-state index contributed by atoms with van der Waals surface area (Å²) in [5.74, 6) is 2.19. The lowest BCUT2D eigenvalue weighted by Crippen LogP contribution is -2.50. The smallest absolute Gasteiger partial charge is 0.274 e. The highest BCUT2D eigenvalue weighted by Gasteiger charge is 2.44. The predicted octanol–water partition coefficient (Wildman–Crippen LogP) is 2.77. The Balaban J connectivity index is 1.63. The molecular weight excluding hydrogens is 342 g/mol. The van der Waals surface area contributed by atoms with Crippen molar-refractivity contribution in [3.05, 3.63) is 28.7 Å². The molecule has 6 heteroatoms. The first-order chi connectivity index (χ1) is 12.8. The predicted molar refractivity (Wildman–Crippen MR) is 105 cm³/mol. The van der Waals surface area contributed by atoms with Crippen LogP contribution in [0, 0.1) is 23.2 Å². The zero-order valence-electron chi connectivity index (χ0n) is 16.5. The molecule has 6 nitrogen and oxygen atoms in total. The number of anilines is 1. The van der Waals surface area contributed by atoms with Crippen molar-refractivity contribution in [1.82, 2.24) is 9.88 Å². The molecular formula is C21H31N3O3. The van der Waals surface area contributed by atoms with Crippen LogP contribution in [0.1, 0.15) is 52.9 Å². The average Bonchev–Trinajstić information content (AvgIpc) is 2.57. The first kappa shape index (κ1) is 19.6. The van der Waals surface area contributed by atoms with Crippen molar-refractivity contribution < 1.29 is 9.59 Å². The second-order valence-electron chi connectivity index (χ2n) is 9.01. The number of carbonyl (C=O) groups is 2. The third kappa shape index (κ3) is 4.42. The van der Waals surface area contributed by atoms with Gasteiger partial charge in [-0.3, -0.25) is 14.4 Å². The maximum absolute atomic E-state index is 12.6. The SMILES string of the molecule is CC1CC2CC(C1)CC(C)(C(C)NC(=O)Cn1cccc(NC=O)c1=O)C2. The van der Waals surface area contributed by atoms with Crippen LogP contribution in [0.4, 0.5) is 5.69 Å². The standard InChI is InChI=1S/C21H31N3O3/c1-14-7-16-9-17(8-14)11-21(3,10-16)15(2)23-19(26)12-24-6-4-5-18(20(24)27)22-13-25/h4-6,13-17H,7-12H2,1-3H3,(H,22,25)(H,23,26). The topological polar surface area (TPSA) is 80.2 Å². The molecule has 0 radical (unpaired) electrons. The van der Waals surface area contributed by atoms with Crippen molar-refractivity contribution in [2.24, 2.45) is 23.2 Å². The molecule has 2 amide bonds. The van der Waals surface area contributed by atoms with Gasteiger partial charge in [0.15, 0.2) is 0 Å². The highest BCUT2D eigenvalue weighted by atomic mass is 16.2. The summed E-state index contributed by atoms with van der Waals surface area (Å²) < 4.78 is 1.33. The van der Waals surface area contributed by atoms with Gasteiger partial charge in [0.05, 0.1) is 0 Å². The van der Waals surface area contributed by atoms with E-state index in [1.165, 1.54) is 29.9 Å². The van der Waals surface area contributed by atoms with Gasteiger partial charge in [0, 0.05) is 12.2 Å². The molecule has 2 fully saturated rings. The molecule has 3 rings (SSSR count). The van der Waals surface area contributed by atoms with Crippen LogP contribution in [-0.4, -0.2) is 22.9 Å². The van der Waals surface area contributed by atoms with Gasteiger partial charge in [0.2, 0.25) is 12.3 Å². The largest absolute Gasteiger partial charge is 0.352 e. The zero-order valence-corrected chi connectivity index (χ0v) is 16.5. The second-order valence-corrected chi connectivity index (χ2v) is 9.01. The lowest BCUT2D eigenvalue weighted by Gasteiger charge is -2.50. The number of rotatable bonds is 6. The van der Waals surface area contributed by atoms with Crippen molar-refractivity contribution >= 4 is 18.0 Å². The van der Waals surface area contributed by atoms with Crippen molar-refractivity contribution in [3.8, 4) is 0 Å². The Labute approximate surface area is 160 Å². The van der Waals surface area contributed by atoms with Gasteiger partial charge < -0.3 is 15.2 Å². The van der Waals surface area contributed by atoms with E-state index in [4.69, 9.17) is 0 Å². The molecule has 1 aromatic heterocycles. The van der Waals surface area contributed by atoms with E-state index < -0.39 is 0 Å². The molecule has 148 valence electrons. The van der Waals surface area contributed by atoms with E-state index >= 15 is 0 Å². The lowest BCUT2D eigenvalue weighted by molar-refractivity contribution is -0.123. The summed E-state index contributed by atoms with van der Waals surface area (Å²) in [5, 5.41) is 5.50. The Morgan fingerprint density at radius 3 is 2.63 bits per heavy atom. The average molecular weight is 373 g/mol. The number of nitrogens with zero attached hydrogens (tertiary/aromatic N) is 1. The number of aromatic nitrogens is 1. The molecule has 27 heavy (non-hydrogen) atoms. The number of nitrogens with one attached hydrogen (secondary N) is 2. The third-order valence-corrected chi connectivity index (χ3v) is 6.62. The van der Waals surface area contributed by atoms with Gasteiger partial charge >= 0.3 is 0 Å². The van der Waals surface area contributed by atoms with Gasteiger partial charge in [-0.1, -0.05) is 13.8 Å². The molecule has 3 unspecified atom stereocenters. The van der Waals surface area contributed by atoms with Gasteiger partial charge in [-0.2, -0.15) is 0 Å². The minimum atomic E-state index is -0.375. The van der Waals surface area contributed by atoms with Gasteiger partial charge in [-0.15, -0.1) is 0 Å². The van der Waals surface area contributed by atoms with Gasteiger partial charge in [0.1, 0.15) is 12.2 Å². The lowest BCUT2D eigenvalue weighted by atomic mass is 9.57. The van der Waals surface area contributed by atoms with Gasteiger partial charge in [0.25, 0.3) is 5.56 Å². The van der Waals surface area contributed by atoms with Crippen LogP contribution < -0.4 is 16.2 Å². The molecule has 0 saturated heterocycles. The highest BCUT2D eigenvalue weighted by Crippen LogP contribution is 2.51. The number of fused-ring (bicyclic) bond motifs is 2. The number of carbonyl (C=O) groups excluding carboxylic acids is 2. The Kier molecular flexibility index (Phi) is 5.72. The molecule has 0 spiro atoms. The van der Waals surface area contributed by atoms with E-state index in [-0.39, 0.29) is 35.2 Å². The number of amides is 2. The van der Waals surface area contributed by atoms with Crippen molar-refractivity contribution in [2.75, 3.05) is 5.32 Å². The first-order valence-electron chi connectivity index (χ1n) is 9.99. The van der Waals surface area contributed by atoms with Crippen LogP contribution in [0.15, 0.2) is 23.1 Å². The summed E-state index contributed by atoms with van der Waals surface area (Å²) in [5.41, 5.74) is -0.0933. The Bertz CT molecular complexity index is 739. The fraction of sp³-hybridized carbons (Fsp3) is 0.667. The summed E-state index contributed by atoms with van der Waals surface area (Å²) in [6.45, 7) is 6.71. The van der Waals surface area contributed by atoms with Crippen LogP contribution in [0.3, 0.4) is 0 Å². The van der Waals surface area contributed by atoms with E-state index in [2.05, 4.69) is 31.4 Å². The number of pyridine rings is 1. The Morgan fingerprint density at radius 2 is 2.00 bits per heavy atom. The van der Waals surface area contributed by atoms with Crippen molar-refractivity contribution in [2.45, 2.75) is 65.5 Å². The van der Waals surface area contributed by atoms with E-state index in [0.29, 0.717) is 6.41 Å². The monoisotopic (exact) mass is 373 g/mol. The summed E-state index contributed by atoms with van der Waals surface area (Å²) in [6.07, 6.45) is 8.30. The molecule has 2 N–H and O–H groups in total. The summed E-state index contributed by atoms with van der Waals surface area (Å²) in [7, 11) is 0. The molecule has 2 aliphatic carbocycles. The quantitative estimate of drug-likeness (QED) is 0.753. The minimum Gasteiger partial charge on any atom is -0.352 e. The molecule has 2 aliphatic rings. The van der Waals surface area contributed by atoms with E-state index in [1.807, 2.05) is 0 Å². The summed E-state index contributed by atoms with van der Waals surface area (Å²) in [4.78, 5) is 35.4. The first-order valence-corrected chi connectivity index (χ1v) is 9.99. The molecule has 1 aromatic rings. The number of hydrogen-bond acceptors (Lipinski definition) is 3. The van der Waals surface area contributed by atoms with E-state index in [1.54, 1.807) is 12.3 Å². The van der Waals surface area contributed by atoms with Gasteiger partial charge in [-0.05, 0) is 74.3 Å². The molecule has 2 bridgehead atoms. The Hall–Kier alpha value is -2.11. The normalized spacial score (nSPS) is 31.0. The van der Waals surface area contributed by atoms with Crippen LogP contribution in [-0.2, 0) is 16.1 Å². The molecule has 0 aliphatic heterocycles. The second kappa shape index (κ2) is 7.87. The summed E-state index contributed by atoms with van der Waals surface area (Å²) in [6, 6.07) is 3.24. The van der Waals surface area contributed by atoms with Crippen molar-refractivity contribution in [3.63, 3.8) is 0 Å². The van der Waals surface area contributed by atoms with Crippen LogP contribution >= 0.6 is 0 Å². The molecule has 2 saturated carbocycles. The van der Waals surface area contributed by atoms with E-state index in [0.717, 1.165) is 30.6 Å². The molecule has 1 heterocycles.